The summed E-state index contributed by atoms with van der Waals surface area (Å²) in [5.41, 5.74) is -2.63. The number of rotatable bonds is 7. The van der Waals surface area contributed by atoms with Crippen LogP contribution in [0.25, 0.3) is 0 Å². The van der Waals surface area contributed by atoms with Crippen LogP contribution in [0.1, 0.15) is 74.7 Å². The quantitative estimate of drug-likeness (QED) is 0.241. The summed E-state index contributed by atoms with van der Waals surface area (Å²) in [7, 11) is 3.73. The van der Waals surface area contributed by atoms with Gasteiger partial charge in [0.2, 0.25) is 0 Å². The van der Waals surface area contributed by atoms with E-state index < -0.39 is 83.4 Å². The molecular formula is C33H54N2O10. The Balaban J connectivity index is 2.14. The van der Waals surface area contributed by atoms with Crippen molar-refractivity contribution in [1.82, 2.24) is 10.2 Å². The Morgan fingerprint density at radius 3 is 2.29 bits per heavy atom. The van der Waals surface area contributed by atoms with E-state index in [0.29, 0.717) is 6.42 Å². The predicted octanol–water partition coefficient (Wildman–Crippen LogP) is 3.03. The first-order valence-corrected chi connectivity index (χ1v) is 16.1. The van der Waals surface area contributed by atoms with Crippen molar-refractivity contribution >= 4 is 23.6 Å². The highest BCUT2D eigenvalue weighted by Crippen LogP contribution is 2.40. The standard InChI is InChI=1S/C33H54N2O10/c1-12-14-41-32(8)16-17(3)24(36)19(5)27-33(9,45-31(40)34-27)23(13-2)43-29(39)21(7)25(37)20(6)28(32)44-30-26(38)22(35(10)11)15-18(4)42-30/h12,17-23,26-28,30,38H,1,13-16H2,2-11H3,(H,34,40)/t17-,18-,19+,20+,21-,22+,23-,26-,27-,28-,30+,32-,33-/m1/s1. The number of ether oxygens (including phenoxy) is 5. The summed E-state index contributed by atoms with van der Waals surface area (Å²) in [5.74, 6) is -4.94. The molecule has 2 N–H and O–H groups in total. The van der Waals surface area contributed by atoms with Crippen LogP contribution in [0.15, 0.2) is 12.7 Å². The number of amides is 1. The van der Waals surface area contributed by atoms with Crippen LogP contribution in [0, 0.1) is 23.7 Å². The highest BCUT2D eigenvalue weighted by Gasteiger charge is 2.57. The molecule has 3 fully saturated rings. The zero-order valence-corrected chi connectivity index (χ0v) is 28.5. The monoisotopic (exact) mass is 638 g/mol. The van der Waals surface area contributed by atoms with Crippen molar-refractivity contribution in [2.45, 2.75) is 129 Å². The average Bonchev–Trinajstić information content (AvgIpc) is 3.30. The number of nitrogens with one attached hydrogen (secondary N) is 1. The molecule has 0 unspecified atom stereocenters. The van der Waals surface area contributed by atoms with Crippen molar-refractivity contribution in [3.8, 4) is 0 Å². The van der Waals surface area contributed by atoms with Crippen molar-refractivity contribution < 1.29 is 48.0 Å². The Morgan fingerprint density at radius 1 is 1.07 bits per heavy atom. The van der Waals surface area contributed by atoms with Gasteiger partial charge in [0, 0.05) is 23.8 Å². The first-order valence-electron chi connectivity index (χ1n) is 16.1. The lowest BCUT2D eigenvalue weighted by Gasteiger charge is -2.47. The Hall–Kier alpha value is -2.38. The molecule has 3 heterocycles. The maximum absolute atomic E-state index is 14.1. The molecule has 3 aliphatic heterocycles. The van der Waals surface area contributed by atoms with E-state index in [4.69, 9.17) is 23.7 Å². The zero-order chi connectivity index (χ0) is 34.0. The van der Waals surface area contributed by atoms with Gasteiger partial charge < -0.3 is 39.0 Å². The van der Waals surface area contributed by atoms with E-state index >= 15 is 0 Å². The topological polar surface area (TPSA) is 150 Å². The van der Waals surface area contributed by atoms with Gasteiger partial charge in [0.1, 0.15) is 23.9 Å². The normalized spacial score (nSPS) is 43.6. The molecule has 3 rings (SSSR count). The third-order valence-electron chi connectivity index (χ3n) is 9.99. The van der Waals surface area contributed by atoms with Gasteiger partial charge in [-0.2, -0.15) is 0 Å². The molecule has 0 radical (unpaired) electrons. The van der Waals surface area contributed by atoms with Crippen molar-refractivity contribution in [3.63, 3.8) is 0 Å². The van der Waals surface area contributed by atoms with Gasteiger partial charge in [-0.25, -0.2) is 4.79 Å². The molecule has 0 bridgehead atoms. The summed E-state index contributed by atoms with van der Waals surface area (Å²) in [6, 6.07) is -1.07. The van der Waals surface area contributed by atoms with Gasteiger partial charge in [-0.15, -0.1) is 6.58 Å². The number of ketones is 2. The lowest BCUT2D eigenvalue weighted by Crippen LogP contribution is -2.60. The van der Waals surface area contributed by atoms with Crippen LogP contribution in [-0.4, -0.2) is 108 Å². The van der Waals surface area contributed by atoms with Gasteiger partial charge in [-0.1, -0.05) is 33.8 Å². The number of carbonyl (C=O) groups excluding carboxylic acids is 4. The molecule has 1 amide bonds. The van der Waals surface area contributed by atoms with E-state index in [0.717, 1.165) is 0 Å². The summed E-state index contributed by atoms with van der Waals surface area (Å²) in [4.78, 5) is 56.1. The second kappa shape index (κ2) is 14.6. The number of aliphatic hydroxyl groups excluding tert-OH is 1. The van der Waals surface area contributed by atoms with E-state index in [-0.39, 0.29) is 37.4 Å². The minimum absolute atomic E-state index is 0.0822. The lowest BCUT2D eigenvalue weighted by molar-refractivity contribution is -0.296. The average molecular weight is 639 g/mol. The minimum Gasteiger partial charge on any atom is -0.458 e. The van der Waals surface area contributed by atoms with Crippen LogP contribution in [0.5, 0.6) is 0 Å². The zero-order valence-electron chi connectivity index (χ0n) is 28.5. The molecule has 45 heavy (non-hydrogen) atoms. The van der Waals surface area contributed by atoms with Crippen molar-refractivity contribution in [2.75, 3.05) is 20.7 Å². The van der Waals surface area contributed by atoms with E-state index in [2.05, 4.69) is 11.9 Å². The van der Waals surface area contributed by atoms with Crippen molar-refractivity contribution in [2.24, 2.45) is 23.7 Å². The summed E-state index contributed by atoms with van der Waals surface area (Å²) < 4.78 is 30.6. The molecule has 256 valence electrons. The van der Waals surface area contributed by atoms with Gasteiger partial charge in [-0.3, -0.25) is 14.4 Å². The number of alkyl carbamates (subject to hydrolysis) is 1. The van der Waals surface area contributed by atoms with Crippen LogP contribution in [0.4, 0.5) is 4.79 Å². The molecule has 0 aromatic rings. The number of Topliss-reactive ketones (excluding diaryl/α,β-unsaturated/α-hetero) is 2. The summed E-state index contributed by atoms with van der Waals surface area (Å²) >= 11 is 0. The predicted molar refractivity (Wildman–Crippen MR) is 165 cm³/mol. The lowest BCUT2D eigenvalue weighted by atomic mass is 9.73. The first kappa shape index (κ1) is 37.1. The fraction of sp³-hybridized carbons (Fsp3) is 0.818. The highest BCUT2D eigenvalue weighted by atomic mass is 16.7. The Kier molecular flexibility index (Phi) is 12.0. The number of carbonyl (C=O) groups is 4. The van der Waals surface area contributed by atoms with Crippen molar-refractivity contribution in [3.05, 3.63) is 12.7 Å². The Labute approximate surface area is 267 Å². The smallest absolute Gasteiger partial charge is 0.408 e. The summed E-state index contributed by atoms with van der Waals surface area (Å²) in [6.07, 6.45) is -2.57. The second-order valence-electron chi connectivity index (χ2n) is 13.8. The second-order valence-corrected chi connectivity index (χ2v) is 13.8. The third kappa shape index (κ3) is 7.62. The van der Waals surface area contributed by atoms with Gasteiger partial charge in [-0.05, 0) is 61.1 Å². The maximum Gasteiger partial charge on any atom is 0.408 e. The van der Waals surface area contributed by atoms with E-state index in [9.17, 15) is 24.3 Å². The molecule has 0 aromatic carbocycles. The summed E-state index contributed by atoms with van der Waals surface area (Å²) in [5, 5.41) is 14.1. The molecule has 3 saturated heterocycles. The molecule has 0 saturated carbocycles. The van der Waals surface area contributed by atoms with Crippen LogP contribution >= 0.6 is 0 Å². The minimum atomic E-state index is -1.35. The largest absolute Gasteiger partial charge is 0.458 e. The number of likely N-dealkylation sites (N-methyl/N-ethyl adjacent to an activating group) is 1. The van der Waals surface area contributed by atoms with Crippen LogP contribution in [0.2, 0.25) is 0 Å². The Morgan fingerprint density at radius 2 is 1.71 bits per heavy atom. The molecule has 12 heteroatoms. The molecular weight excluding hydrogens is 584 g/mol. The van der Waals surface area contributed by atoms with Crippen LogP contribution < -0.4 is 5.32 Å². The molecule has 0 aliphatic carbocycles. The number of esters is 1. The van der Waals surface area contributed by atoms with Gasteiger partial charge in [0.05, 0.1) is 30.5 Å². The van der Waals surface area contributed by atoms with Crippen LogP contribution in [-0.2, 0) is 38.1 Å². The van der Waals surface area contributed by atoms with Gasteiger partial charge in [0.15, 0.2) is 17.7 Å². The van der Waals surface area contributed by atoms with E-state index in [1.807, 2.05) is 25.9 Å². The molecule has 3 aliphatic rings. The molecule has 12 nitrogen and oxygen atoms in total. The maximum atomic E-state index is 14.1. The number of fused-ring (bicyclic) bond motifs is 1. The summed E-state index contributed by atoms with van der Waals surface area (Å²) in [6.45, 7) is 17.5. The number of nitrogens with zero attached hydrogens (tertiary/aromatic N) is 1. The van der Waals surface area contributed by atoms with Gasteiger partial charge in [0.25, 0.3) is 0 Å². The van der Waals surface area contributed by atoms with Gasteiger partial charge >= 0.3 is 12.1 Å². The first-order chi connectivity index (χ1) is 20.9. The molecule has 0 spiro atoms. The molecule has 13 atom stereocenters. The fourth-order valence-electron chi connectivity index (χ4n) is 7.38. The number of hydrogen-bond donors (Lipinski definition) is 2. The number of cyclic esters (lactones) is 1. The Bertz CT molecular complexity index is 1120. The van der Waals surface area contributed by atoms with E-state index in [1.54, 1.807) is 47.6 Å². The van der Waals surface area contributed by atoms with Crippen LogP contribution in [0.3, 0.4) is 0 Å². The number of aliphatic hydroxyl groups is 1. The van der Waals surface area contributed by atoms with E-state index in [1.165, 1.54) is 6.92 Å². The third-order valence-corrected chi connectivity index (χ3v) is 9.99. The van der Waals surface area contributed by atoms with Crippen molar-refractivity contribution in [1.29, 1.82) is 0 Å². The fourth-order valence-corrected chi connectivity index (χ4v) is 7.38. The number of hydrogen-bond acceptors (Lipinski definition) is 11. The SMILES string of the molecule is C=CCO[C@]1(C)C[C@@H](C)C(=O)[C@H](C)[C@H]2NC(=O)O[C@]2(C)[C@@H](CC)OC(=O)[C@H](C)C(=O)[C@H](C)[C@H]1O[C@@H]1O[C@H](C)C[C@H](N(C)C)[C@H]1O. The molecule has 0 aromatic heterocycles. The highest BCUT2D eigenvalue weighted by molar-refractivity contribution is 6.00.